The van der Waals surface area contributed by atoms with Crippen molar-refractivity contribution in [2.75, 3.05) is 25.1 Å². The summed E-state index contributed by atoms with van der Waals surface area (Å²) in [6.07, 6.45) is 12.2. The number of methoxy groups -OCH3 is 1. The van der Waals surface area contributed by atoms with Crippen molar-refractivity contribution < 1.29 is 38.1 Å². The van der Waals surface area contributed by atoms with Crippen LogP contribution in [0.5, 0.6) is 11.5 Å². The lowest BCUT2D eigenvalue weighted by molar-refractivity contribution is -0.154. The van der Waals surface area contributed by atoms with Crippen LogP contribution in [0.15, 0.2) is 41.8 Å². The maximum atomic E-state index is 14.8. The Morgan fingerprint density at radius 1 is 1.07 bits per heavy atom. The highest BCUT2D eigenvalue weighted by Crippen LogP contribution is 2.73. The molecule has 1 amide bonds. The molecule has 4 heterocycles. The van der Waals surface area contributed by atoms with E-state index in [2.05, 4.69) is 25.2 Å². The highest BCUT2D eigenvalue weighted by molar-refractivity contribution is 7.60. The summed E-state index contributed by atoms with van der Waals surface area (Å²) < 4.78 is 32.2. The largest absolute Gasteiger partial charge is 0.497 e. The van der Waals surface area contributed by atoms with Gasteiger partial charge in [0.2, 0.25) is 13.3 Å². The lowest BCUT2D eigenvalue weighted by Crippen LogP contribution is -2.45. The minimum Gasteiger partial charge on any atom is -0.497 e. The lowest BCUT2D eigenvalue weighted by atomic mass is 9.94. The highest BCUT2D eigenvalue weighted by Gasteiger charge is 2.65. The van der Waals surface area contributed by atoms with Crippen LogP contribution in [-0.4, -0.2) is 86.7 Å². The number of rotatable bonds is 12. The van der Waals surface area contributed by atoms with Gasteiger partial charge >= 0.3 is 5.97 Å². The molecule has 0 spiro atoms. The molecular formula is C44H59N4O8PS. The fourth-order valence-corrected chi connectivity index (χ4v) is 12.6. The molecule has 7 rings (SSSR count). The van der Waals surface area contributed by atoms with Crippen LogP contribution in [0.3, 0.4) is 0 Å². The van der Waals surface area contributed by atoms with Crippen molar-refractivity contribution in [3.8, 4) is 22.9 Å². The van der Waals surface area contributed by atoms with E-state index < -0.39 is 30.6 Å². The second-order valence-electron chi connectivity index (χ2n) is 17.1. The first-order chi connectivity index (χ1) is 27.9. The number of anilines is 1. The molecule has 1 saturated heterocycles. The number of hydrogen-bond donors (Lipinski definition) is 2. The second kappa shape index (κ2) is 18.2. The molecule has 2 N–H and O–H groups in total. The molecule has 14 heteroatoms. The number of aromatic nitrogens is 2. The molecule has 2 aliphatic carbocycles. The molecule has 0 radical (unpaired) electrons. The first kappa shape index (κ1) is 42.3. The third-order valence-electron chi connectivity index (χ3n) is 12.3. The number of esters is 1. The van der Waals surface area contributed by atoms with E-state index >= 15 is 0 Å². The summed E-state index contributed by atoms with van der Waals surface area (Å²) in [5, 5.41) is 5.76. The molecule has 58 heavy (non-hydrogen) atoms. The van der Waals surface area contributed by atoms with Gasteiger partial charge in [0.1, 0.15) is 29.4 Å². The van der Waals surface area contributed by atoms with Gasteiger partial charge in [0.25, 0.3) is 0 Å². The Hall–Kier alpha value is -3.80. The molecule has 12 nitrogen and oxygen atoms in total. The molecule has 314 valence electrons. The molecule has 1 unspecified atom stereocenters. The number of thiazole rings is 1. The molecule has 3 aromatic rings. The first-order valence-corrected chi connectivity index (χ1v) is 24.0. The summed E-state index contributed by atoms with van der Waals surface area (Å²) in [5.74, 6) is -0.530. The van der Waals surface area contributed by atoms with Gasteiger partial charge in [-0.15, -0.1) is 11.3 Å². The van der Waals surface area contributed by atoms with Crippen molar-refractivity contribution in [2.45, 2.75) is 140 Å². The summed E-state index contributed by atoms with van der Waals surface area (Å²) >= 11 is 1.49. The predicted molar refractivity (Wildman–Crippen MR) is 227 cm³/mol. The van der Waals surface area contributed by atoms with Crippen LogP contribution in [0.4, 0.5) is 5.13 Å². The molecule has 2 aromatic heterocycles. The third kappa shape index (κ3) is 9.47. The number of carbonyl (C=O) groups excluding carboxylic acids is 3. The van der Waals surface area contributed by atoms with E-state index in [1.807, 2.05) is 42.6 Å². The maximum absolute atomic E-state index is 14.8. The Balaban J connectivity index is 1.22. The van der Waals surface area contributed by atoms with Gasteiger partial charge in [0.15, 0.2) is 10.9 Å². The van der Waals surface area contributed by atoms with Crippen LogP contribution in [0.1, 0.15) is 111 Å². The molecular weight excluding hydrogens is 776 g/mol. The molecule has 2 saturated carbocycles. The second-order valence-corrected chi connectivity index (χ2v) is 20.7. The number of ketones is 1. The monoisotopic (exact) mass is 834 g/mol. The fourth-order valence-electron chi connectivity index (χ4n) is 9.17. The topological polar surface area (TPSA) is 157 Å². The standard InChI is InChI=1S/C44H59N4O8PS/c1-5-19-57(52,53)44-24-30(44)14-10-8-6-7-9-13-29(20-41(50)56-31-15-11-12-16-31)42(51)48-26-33(22-38(48)39(49)25-44)55-40-23-36(37-27-58-43(47-37)45-28(2)3)46-35-21-32(54-4)17-18-34(35)40/h10,14,17-18,21,23,27-31,33,38H,5-9,11-13,15-16,19-20,22,24-26H2,1-4H3,(H,45,47)(H,52,53)/b14-10-/t29-,30-,33-,38+,44-/m1/s1. The van der Waals surface area contributed by atoms with Gasteiger partial charge in [0.05, 0.1) is 42.5 Å². The normalized spacial score (nSPS) is 27.3. The lowest BCUT2D eigenvalue weighted by Gasteiger charge is -2.30. The third-order valence-corrected chi connectivity index (χ3v) is 16.2. The number of benzene rings is 1. The van der Waals surface area contributed by atoms with Crippen molar-refractivity contribution in [1.29, 1.82) is 0 Å². The summed E-state index contributed by atoms with van der Waals surface area (Å²) in [5.41, 5.74) is 1.93. The van der Waals surface area contributed by atoms with Gasteiger partial charge in [-0.05, 0) is 89.7 Å². The molecule has 0 bridgehead atoms. The first-order valence-electron chi connectivity index (χ1n) is 21.3. The predicted octanol–water partition coefficient (Wildman–Crippen LogP) is 8.95. The number of amides is 1. The number of pyridine rings is 1. The zero-order valence-corrected chi connectivity index (χ0v) is 36.0. The molecule has 3 fully saturated rings. The van der Waals surface area contributed by atoms with E-state index in [0.717, 1.165) is 61.9 Å². The van der Waals surface area contributed by atoms with E-state index in [1.54, 1.807) is 12.0 Å². The average molecular weight is 835 g/mol. The van der Waals surface area contributed by atoms with E-state index in [1.165, 1.54) is 11.3 Å². The van der Waals surface area contributed by atoms with E-state index in [0.29, 0.717) is 47.7 Å². The van der Waals surface area contributed by atoms with Crippen LogP contribution < -0.4 is 14.8 Å². The van der Waals surface area contributed by atoms with E-state index in [-0.39, 0.29) is 67.7 Å². The number of fused-ring (bicyclic) bond motifs is 3. The highest BCUT2D eigenvalue weighted by atomic mass is 32.1. The zero-order valence-electron chi connectivity index (χ0n) is 34.3. The van der Waals surface area contributed by atoms with Crippen molar-refractivity contribution in [3.05, 3.63) is 41.8 Å². The minimum absolute atomic E-state index is 0.0476. The van der Waals surface area contributed by atoms with Gasteiger partial charge in [-0.3, -0.25) is 18.9 Å². The average Bonchev–Trinajstić information content (AvgIpc) is 3.60. The van der Waals surface area contributed by atoms with Crippen LogP contribution in [-0.2, 0) is 23.7 Å². The van der Waals surface area contributed by atoms with Crippen LogP contribution in [0.25, 0.3) is 22.3 Å². The van der Waals surface area contributed by atoms with Crippen LogP contribution >= 0.6 is 18.7 Å². The molecule has 6 atom stereocenters. The van der Waals surface area contributed by atoms with Gasteiger partial charge in [0, 0.05) is 53.9 Å². The number of allylic oxidation sites excluding steroid dienone is 2. The number of nitrogens with zero attached hydrogens (tertiary/aromatic N) is 3. The zero-order chi connectivity index (χ0) is 41.0. The number of carbonyl (C=O) groups is 3. The Labute approximate surface area is 346 Å². The minimum atomic E-state index is -3.71. The Bertz CT molecular complexity index is 2050. The maximum Gasteiger partial charge on any atom is 0.306 e. The van der Waals surface area contributed by atoms with Gasteiger partial charge in [-0.25, -0.2) is 9.97 Å². The van der Waals surface area contributed by atoms with Gasteiger partial charge in [-0.2, -0.15) is 0 Å². The van der Waals surface area contributed by atoms with Gasteiger partial charge in [-0.1, -0.05) is 31.9 Å². The number of Topliss-reactive ketones (excluding diaryl/α,β-unsaturated/α-hetero) is 1. The fraction of sp³-hybridized carbons (Fsp3) is 0.614. The van der Waals surface area contributed by atoms with Crippen molar-refractivity contribution in [3.63, 3.8) is 0 Å². The van der Waals surface area contributed by atoms with E-state index in [4.69, 9.17) is 24.2 Å². The number of ether oxygens (including phenoxy) is 3. The van der Waals surface area contributed by atoms with Crippen molar-refractivity contribution in [1.82, 2.24) is 14.9 Å². The van der Waals surface area contributed by atoms with Crippen LogP contribution in [0, 0.1) is 11.8 Å². The molecule has 1 aromatic carbocycles. The van der Waals surface area contributed by atoms with E-state index in [9.17, 15) is 23.8 Å². The SMILES string of the molecule is CCCP(=O)(O)[C@]12CC(=O)[C@@H]3C[C@@H](Oc4cc(-c5csc(NC(C)C)n5)nc5cc(OC)ccc45)CN3C(=O)[C@@H](CC(=O)OC3CCCC3)CCCCC/C=C\[C@@H]1C2. The van der Waals surface area contributed by atoms with Crippen LogP contribution in [0.2, 0.25) is 0 Å². The van der Waals surface area contributed by atoms with Crippen molar-refractivity contribution >= 4 is 52.4 Å². The quantitative estimate of drug-likeness (QED) is 0.102. The summed E-state index contributed by atoms with van der Waals surface area (Å²) in [4.78, 5) is 65.7. The Morgan fingerprint density at radius 2 is 1.86 bits per heavy atom. The summed E-state index contributed by atoms with van der Waals surface area (Å²) in [7, 11) is -2.11. The number of hydrogen-bond acceptors (Lipinski definition) is 11. The smallest absolute Gasteiger partial charge is 0.306 e. The summed E-state index contributed by atoms with van der Waals surface area (Å²) in [6, 6.07) is 6.76. The Morgan fingerprint density at radius 3 is 2.62 bits per heavy atom. The number of nitrogens with one attached hydrogen (secondary N) is 1. The molecule has 4 aliphatic rings. The van der Waals surface area contributed by atoms with Gasteiger partial charge < -0.3 is 29.3 Å². The van der Waals surface area contributed by atoms with Crippen molar-refractivity contribution in [2.24, 2.45) is 11.8 Å². The Kier molecular flexibility index (Phi) is 13.3. The molecule has 2 aliphatic heterocycles. The summed E-state index contributed by atoms with van der Waals surface area (Å²) in [6.45, 7) is 6.12.